The number of hydrogen-bond acceptors (Lipinski definition) is 3. The van der Waals surface area contributed by atoms with Crippen LogP contribution < -0.4 is 10.5 Å². The van der Waals surface area contributed by atoms with Crippen LogP contribution in [0.15, 0.2) is 46.9 Å². The highest BCUT2D eigenvalue weighted by atomic mass is 79.9. The molecule has 0 heterocycles. The Bertz CT molecular complexity index is 623. The molecule has 2 rings (SSSR count). The van der Waals surface area contributed by atoms with Gasteiger partial charge in [-0.15, -0.1) is 0 Å². The van der Waals surface area contributed by atoms with Gasteiger partial charge in [0.05, 0.1) is 4.47 Å². The first-order chi connectivity index (χ1) is 9.10. The lowest BCUT2D eigenvalue weighted by atomic mass is 10.2. The van der Waals surface area contributed by atoms with Gasteiger partial charge >= 0.3 is 0 Å². The molecule has 0 aliphatic rings. The number of carbonyl (C=O) groups excluding carboxylic acids is 2. The lowest BCUT2D eigenvalue weighted by Gasteiger charge is -2.08. The summed E-state index contributed by atoms with van der Waals surface area (Å²) in [6.45, 7) is 0. The van der Waals surface area contributed by atoms with Crippen molar-refractivity contribution in [2.75, 3.05) is 0 Å². The Morgan fingerprint density at radius 2 is 1.84 bits per heavy atom. The summed E-state index contributed by atoms with van der Waals surface area (Å²) in [5.41, 5.74) is 6.13. The van der Waals surface area contributed by atoms with E-state index in [4.69, 9.17) is 10.5 Å². The zero-order chi connectivity index (χ0) is 13.8. The van der Waals surface area contributed by atoms with E-state index in [1.165, 1.54) is 0 Å². The van der Waals surface area contributed by atoms with Crippen LogP contribution in [0.1, 0.15) is 20.7 Å². The van der Waals surface area contributed by atoms with Crippen LogP contribution in [-0.4, -0.2) is 12.2 Å². The molecule has 0 saturated carbocycles. The number of ether oxygens (including phenoxy) is 1. The van der Waals surface area contributed by atoms with Crippen LogP contribution in [-0.2, 0) is 0 Å². The van der Waals surface area contributed by atoms with Crippen molar-refractivity contribution in [2.24, 2.45) is 5.73 Å². The van der Waals surface area contributed by atoms with Crippen molar-refractivity contribution in [1.82, 2.24) is 0 Å². The van der Waals surface area contributed by atoms with E-state index >= 15 is 0 Å². The minimum absolute atomic E-state index is 0.419. The molecule has 2 N–H and O–H groups in total. The molecule has 19 heavy (non-hydrogen) atoms. The predicted octanol–water partition coefficient (Wildman–Crippen LogP) is 3.15. The zero-order valence-corrected chi connectivity index (χ0v) is 11.4. The van der Waals surface area contributed by atoms with Gasteiger partial charge in [-0.3, -0.25) is 9.59 Å². The lowest BCUT2D eigenvalue weighted by Crippen LogP contribution is -2.10. The van der Waals surface area contributed by atoms with Gasteiger partial charge in [-0.25, -0.2) is 0 Å². The number of rotatable bonds is 4. The third kappa shape index (κ3) is 3.20. The molecule has 4 nitrogen and oxygen atoms in total. The molecule has 2 aromatic carbocycles. The first kappa shape index (κ1) is 13.3. The topological polar surface area (TPSA) is 69.4 Å². The van der Waals surface area contributed by atoms with E-state index in [1.54, 1.807) is 42.5 Å². The van der Waals surface area contributed by atoms with Crippen molar-refractivity contribution in [2.45, 2.75) is 0 Å². The van der Waals surface area contributed by atoms with Gasteiger partial charge in [0.1, 0.15) is 17.8 Å². The molecule has 0 aliphatic carbocycles. The highest BCUT2D eigenvalue weighted by Gasteiger charge is 2.05. The molecule has 96 valence electrons. The Labute approximate surface area is 118 Å². The molecule has 0 spiro atoms. The normalized spacial score (nSPS) is 9.95. The summed E-state index contributed by atoms with van der Waals surface area (Å²) < 4.78 is 6.31. The Morgan fingerprint density at radius 1 is 1.16 bits per heavy atom. The van der Waals surface area contributed by atoms with Crippen LogP contribution in [0.2, 0.25) is 0 Å². The standard InChI is InChI=1S/C14H10BrNO3/c15-12-7-9(8-17)1-6-13(12)19-11-4-2-10(3-5-11)14(16)18/h1-8H,(H2,16,18). The maximum atomic E-state index is 10.9. The molecule has 0 bridgehead atoms. The monoisotopic (exact) mass is 319 g/mol. The lowest BCUT2D eigenvalue weighted by molar-refractivity contribution is 0.1000. The summed E-state index contributed by atoms with van der Waals surface area (Å²) in [5, 5.41) is 0. The van der Waals surface area contributed by atoms with E-state index in [-0.39, 0.29) is 0 Å². The van der Waals surface area contributed by atoms with Crippen LogP contribution in [0.3, 0.4) is 0 Å². The number of amides is 1. The maximum absolute atomic E-state index is 10.9. The second kappa shape index (κ2) is 5.67. The average molecular weight is 320 g/mol. The second-order valence-corrected chi connectivity index (χ2v) is 4.65. The molecule has 1 amide bonds. The fourth-order valence-electron chi connectivity index (χ4n) is 1.49. The Kier molecular flexibility index (Phi) is 3.97. The number of halogens is 1. The van der Waals surface area contributed by atoms with E-state index in [2.05, 4.69) is 15.9 Å². The first-order valence-electron chi connectivity index (χ1n) is 5.42. The van der Waals surface area contributed by atoms with E-state index in [9.17, 15) is 9.59 Å². The van der Waals surface area contributed by atoms with E-state index in [0.717, 1.165) is 6.29 Å². The number of hydrogen-bond donors (Lipinski definition) is 1. The summed E-state index contributed by atoms with van der Waals surface area (Å²) in [6.07, 6.45) is 0.760. The fraction of sp³-hybridized carbons (Fsp3) is 0. The first-order valence-corrected chi connectivity index (χ1v) is 6.22. The molecule has 2 aromatic rings. The number of nitrogens with two attached hydrogens (primary N) is 1. The Morgan fingerprint density at radius 3 is 2.37 bits per heavy atom. The van der Waals surface area contributed by atoms with Gasteiger partial charge in [-0.1, -0.05) is 0 Å². The van der Waals surface area contributed by atoms with Crippen molar-refractivity contribution < 1.29 is 14.3 Å². The third-order valence-electron chi connectivity index (χ3n) is 2.46. The molecule has 0 unspecified atom stereocenters. The van der Waals surface area contributed by atoms with Gasteiger partial charge in [-0.2, -0.15) is 0 Å². The van der Waals surface area contributed by atoms with Crippen molar-refractivity contribution >= 4 is 28.1 Å². The van der Waals surface area contributed by atoms with Crippen LogP contribution in [0.4, 0.5) is 0 Å². The highest BCUT2D eigenvalue weighted by molar-refractivity contribution is 9.10. The van der Waals surface area contributed by atoms with Gasteiger partial charge in [-0.05, 0) is 58.4 Å². The minimum Gasteiger partial charge on any atom is -0.456 e. The summed E-state index contributed by atoms with van der Waals surface area (Å²) in [6, 6.07) is 11.5. The molecule has 0 saturated heterocycles. The molecule has 0 aromatic heterocycles. The summed E-state index contributed by atoms with van der Waals surface area (Å²) in [4.78, 5) is 21.6. The smallest absolute Gasteiger partial charge is 0.248 e. The Hall–Kier alpha value is -2.14. The quantitative estimate of drug-likeness (QED) is 0.880. The van der Waals surface area contributed by atoms with E-state index < -0.39 is 5.91 Å². The van der Waals surface area contributed by atoms with Crippen LogP contribution >= 0.6 is 15.9 Å². The van der Waals surface area contributed by atoms with Gasteiger partial charge in [0.25, 0.3) is 0 Å². The van der Waals surface area contributed by atoms with Gasteiger partial charge < -0.3 is 10.5 Å². The molecule has 0 atom stereocenters. The molecular formula is C14H10BrNO3. The van der Waals surface area contributed by atoms with Crippen LogP contribution in [0.25, 0.3) is 0 Å². The predicted molar refractivity (Wildman–Crippen MR) is 74.6 cm³/mol. The number of benzene rings is 2. The summed E-state index contributed by atoms with van der Waals surface area (Å²) >= 11 is 3.33. The third-order valence-corrected chi connectivity index (χ3v) is 3.08. The van der Waals surface area contributed by atoms with Crippen molar-refractivity contribution in [3.05, 3.63) is 58.1 Å². The van der Waals surface area contributed by atoms with Crippen molar-refractivity contribution in [3.63, 3.8) is 0 Å². The molecular weight excluding hydrogens is 310 g/mol. The largest absolute Gasteiger partial charge is 0.456 e. The van der Waals surface area contributed by atoms with E-state index in [1.807, 2.05) is 0 Å². The maximum Gasteiger partial charge on any atom is 0.248 e. The number of primary amides is 1. The molecule has 0 radical (unpaired) electrons. The number of carbonyl (C=O) groups is 2. The molecule has 0 fully saturated rings. The van der Waals surface area contributed by atoms with Crippen molar-refractivity contribution in [3.8, 4) is 11.5 Å². The van der Waals surface area contributed by atoms with E-state index in [0.29, 0.717) is 27.1 Å². The Balaban J connectivity index is 2.21. The summed E-state index contributed by atoms with van der Waals surface area (Å²) in [7, 11) is 0. The number of aldehydes is 1. The zero-order valence-electron chi connectivity index (χ0n) is 9.80. The molecule has 5 heteroatoms. The second-order valence-electron chi connectivity index (χ2n) is 3.80. The summed E-state index contributed by atoms with van der Waals surface area (Å²) in [5.74, 6) is 0.671. The van der Waals surface area contributed by atoms with Crippen LogP contribution in [0, 0.1) is 0 Å². The minimum atomic E-state index is -0.483. The van der Waals surface area contributed by atoms with Gasteiger partial charge in [0, 0.05) is 11.1 Å². The molecule has 0 aliphatic heterocycles. The van der Waals surface area contributed by atoms with Gasteiger partial charge in [0.2, 0.25) is 5.91 Å². The van der Waals surface area contributed by atoms with Crippen molar-refractivity contribution in [1.29, 1.82) is 0 Å². The SMILES string of the molecule is NC(=O)c1ccc(Oc2ccc(C=O)cc2Br)cc1. The highest BCUT2D eigenvalue weighted by Crippen LogP contribution is 2.30. The van der Waals surface area contributed by atoms with Crippen LogP contribution in [0.5, 0.6) is 11.5 Å². The fourth-order valence-corrected chi connectivity index (χ4v) is 1.96. The average Bonchev–Trinajstić information content (AvgIpc) is 2.41. The van der Waals surface area contributed by atoms with Gasteiger partial charge in [0.15, 0.2) is 0 Å².